The molecule has 3 heterocycles. The van der Waals surface area contributed by atoms with E-state index in [-0.39, 0.29) is 16.6 Å². The molecule has 2 aliphatic rings. The van der Waals surface area contributed by atoms with Crippen LogP contribution in [0.2, 0.25) is 0 Å². The number of carbonyl (C=O) groups is 1. The summed E-state index contributed by atoms with van der Waals surface area (Å²) >= 11 is 1.25. The van der Waals surface area contributed by atoms with Crippen molar-refractivity contribution >= 4 is 38.9 Å². The van der Waals surface area contributed by atoms with E-state index in [9.17, 15) is 17.6 Å². The van der Waals surface area contributed by atoms with Gasteiger partial charge in [0, 0.05) is 39.4 Å². The lowest BCUT2D eigenvalue weighted by atomic mass is 10.2. The predicted octanol–water partition coefficient (Wildman–Crippen LogP) is 1.54. The Hall–Kier alpha value is -2.50. The number of aliphatic imine (C=N–C) groups is 1. The smallest absolute Gasteiger partial charge is 0.286 e. The van der Waals surface area contributed by atoms with Crippen molar-refractivity contribution in [3.05, 3.63) is 52.9 Å². The second-order valence-corrected chi connectivity index (χ2v) is 9.55. The van der Waals surface area contributed by atoms with Gasteiger partial charge < -0.3 is 4.90 Å². The number of piperazine rings is 1. The number of hydrogen-bond acceptors (Lipinski definition) is 6. The summed E-state index contributed by atoms with van der Waals surface area (Å²) in [5.41, 5.74) is 0.714. The number of aromatic nitrogens is 2. The summed E-state index contributed by atoms with van der Waals surface area (Å²) < 4.78 is 41.3. The van der Waals surface area contributed by atoms with Crippen molar-refractivity contribution in [1.29, 1.82) is 0 Å². The van der Waals surface area contributed by atoms with E-state index in [1.807, 2.05) is 4.90 Å². The van der Waals surface area contributed by atoms with Gasteiger partial charge in [0.05, 0.1) is 11.1 Å². The fourth-order valence-corrected chi connectivity index (χ4v) is 5.42. The number of nitrogens with zero attached hydrogens (tertiary/aromatic N) is 5. The maximum Gasteiger partial charge on any atom is 0.286 e. The summed E-state index contributed by atoms with van der Waals surface area (Å²) in [5.74, 6) is -0.687. The molecule has 0 radical (unpaired) electrons. The lowest BCUT2D eigenvalue weighted by Crippen LogP contribution is -2.49. The maximum atomic E-state index is 13.0. The number of halogens is 1. The van der Waals surface area contributed by atoms with Crippen LogP contribution in [0.25, 0.3) is 6.08 Å². The van der Waals surface area contributed by atoms with Crippen LogP contribution in [-0.2, 0) is 21.9 Å². The molecule has 4 rings (SSSR count). The molecule has 2 aliphatic heterocycles. The van der Waals surface area contributed by atoms with Crippen LogP contribution >= 0.6 is 11.8 Å². The van der Waals surface area contributed by atoms with E-state index < -0.39 is 10.0 Å². The van der Waals surface area contributed by atoms with Crippen LogP contribution in [-0.4, -0.2) is 64.7 Å². The zero-order valence-corrected chi connectivity index (χ0v) is 17.2. The molecule has 0 unspecified atom stereocenters. The zero-order valence-electron chi connectivity index (χ0n) is 15.5. The molecule has 1 aromatic carbocycles. The Labute approximate surface area is 171 Å². The Bertz CT molecular complexity index is 1100. The molecule has 29 heavy (non-hydrogen) atoms. The van der Waals surface area contributed by atoms with Crippen LogP contribution in [0.4, 0.5) is 4.39 Å². The molecule has 0 atom stereocenters. The first kappa shape index (κ1) is 19.8. The predicted molar refractivity (Wildman–Crippen MR) is 108 cm³/mol. The SMILES string of the molecule is Cn1cc(S(=O)(=O)N2CCN(C3=NC(=O)/C(=C/c4ccc(F)cc4)S3)CC2)cn1. The van der Waals surface area contributed by atoms with Crippen LogP contribution in [0.3, 0.4) is 0 Å². The summed E-state index contributed by atoms with van der Waals surface area (Å²) in [7, 11) is -1.92. The van der Waals surface area contributed by atoms with E-state index >= 15 is 0 Å². The van der Waals surface area contributed by atoms with E-state index in [0.29, 0.717) is 41.8 Å². The quantitative estimate of drug-likeness (QED) is 0.680. The molecule has 152 valence electrons. The van der Waals surface area contributed by atoms with Crippen molar-refractivity contribution in [2.45, 2.75) is 4.90 Å². The highest BCUT2D eigenvalue weighted by Gasteiger charge is 2.33. The van der Waals surface area contributed by atoms with E-state index in [2.05, 4.69) is 10.1 Å². The first-order chi connectivity index (χ1) is 13.8. The van der Waals surface area contributed by atoms with Crippen molar-refractivity contribution in [1.82, 2.24) is 19.0 Å². The van der Waals surface area contributed by atoms with Crippen molar-refractivity contribution < 1.29 is 17.6 Å². The van der Waals surface area contributed by atoms with Gasteiger partial charge in [0.1, 0.15) is 10.7 Å². The van der Waals surface area contributed by atoms with Crippen LogP contribution in [0.15, 0.2) is 51.5 Å². The lowest BCUT2D eigenvalue weighted by molar-refractivity contribution is -0.113. The van der Waals surface area contributed by atoms with Gasteiger partial charge in [-0.3, -0.25) is 9.48 Å². The molecule has 11 heteroatoms. The van der Waals surface area contributed by atoms with E-state index in [1.54, 1.807) is 25.3 Å². The van der Waals surface area contributed by atoms with Crippen LogP contribution in [0.1, 0.15) is 5.56 Å². The van der Waals surface area contributed by atoms with Gasteiger partial charge in [-0.15, -0.1) is 0 Å². The van der Waals surface area contributed by atoms with E-state index in [4.69, 9.17) is 0 Å². The molecule has 0 bridgehead atoms. The van der Waals surface area contributed by atoms with Crippen LogP contribution < -0.4 is 0 Å². The number of thioether (sulfide) groups is 1. The fraction of sp³-hybridized carbons (Fsp3) is 0.278. The number of aryl methyl sites for hydroxylation is 1. The summed E-state index contributed by atoms with van der Waals surface area (Å²) in [5, 5.41) is 4.48. The summed E-state index contributed by atoms with van der Waals surface area (Å²) in [6.07, 6.45) is 4.49. The summed E-state index contributed by atoms with van der Waals surface area (Å²) in [6, 6.07) is 5.85. The van der Waals surface area contributed by atoms with E-state index in [1.165, 1.54) is 45.3 Å². The zero-order chi connectivity index (χ0) is 20.6. The highest BCUT2D eigenvalue weighted by molar-refractivity contribution is 8.18. The van der Waals surface area contributed by atoms with Crippen molar-refractivity contribution in [2.75, 3.05) is 26.2 Å². The third kappa shape index (κ3) is 4.11. The third-order valence-corrected chi connectivity index (χ3v) is 7.50. The second-order valence-electron chi connectivity index (χ2n) is 6.60. The van der Waals surface area contributed by atoms with Gasteiger partial charge in [0.25, 0.3) is 5.91 Å². The van der Waals surface area contributed by atoms with Gasteiger partial charge in [-0.1, -0.05) is 12.1 Å². The minimum atomic E-state index is -3.59. The van der Waals surface area contributed by atoms with Crippen LogP contribution in [0.5, 0.6) is 0 Å². The molecule has 1 saturated heterocycles. The number of amides is 1. The Balaban J connectivity index is 1.41. The molecular weight excluding hydrogens is 417 g/mol. The van der Waals surface area contributed by atoms with Gasteiger partial charge >= 0.3 is 0 Å². The molecule has 0 aliphatic carbocycles. The number of benzene rings is 1. The monoisotopic (exact) mass is 435 g/mol. The molecule has 0 N–H and O–H groups in total. The molecule has 1 fully saturated rings. The number of carbonyl (C=O) groups excluding carboxylic acids is 1. The minimum Gasteiger partial charge on any atom is -0.348 e. The van der Waals surface area contributed by atoms with Crippen LogP contribution in [0, 0.1) is 5.82 Å². The first-order valence-electron chi connectivity index (χ1n) is 8.85. The molecular formula is C18H18FN5O3S2. The summed E-state index contributed by atoms with van der Waals surface area (Å²) in [4.78, 5) is 18.8. The third-order valence-electron chi connectivity index (χ3n) is 4.61. The Morgan fingerprint density at radius 3 is 2.45 bits per heavy atom. The first-order valence-corrected chi connectivity index (χ1v) is 11.1. The number of hydrogen-bond donors (Lipinski definition) is 0. The Kier molecular flexibility index (Phi) is 5.28. The Morgan fingerprint density at radius 2 is 1.83 bits per heavy atom. The van der Waals surface area contributed by atoms with Gasteiger partial charge in [0.2, 0.25) is 10.0 Å². The van der Waals surface area contributed by atoms with Gasteiger partial charge in [0.15, 0.2) is 5.17 Å². The highest BCUT2D eigenvalue weighted by atomic mass is 32.2. The van der Waals surface area contributed by atoms with Gasteiger partial charge in [-0.05, 0) is 35.5 Å². The fourth-order valence-electron chi connectivity index (χ4n) is 3.04. The van der Waals surface area contributed by atoms with Gasteiger partial charge in [-0.25, -0.2) is 12.8 Å². The van der Waals surface area contributed by atoms with Gasteiger partial charge in [-0.2, -0.15) is 14.4 Å². The number of rotatable bonds is 3. The lowest BCUT2D eigenvalue weighted by Gasteiger charge is -2.34. The molecule has 0 saturated carbocycles. The standard InChI is InChI=1S/C18H18FN5O3S2/c1-22-12-15(11-20-22)29(26,27)24-8-6-23(7-9-24)18-21-17(25)16(28-18)10-13-2-4-14(19)5-3-13/h2-5,10-12H,6-9H2,1H3/b16-10-. The van der Waals surface area contributed by atoms with E-state index in [0.717, 1.165) is 0 Å². The topological polar surface area (TPSA) is 87.9 Å². The number of sulfonamides is 1. The average molecular weight is 436 g/mol. The summed E-state index contributed by atoms with van der Waals surface area (Å²) in [6.45, 7) is 1.45. The molecule has 8 nitrogen and oxygen atoms in total. The van der Waals surface area contributed by atoms with Crippen molar-refractivity contribution in [2.24, 2.45) is 12.0 Å². The van der Waals surface area contributed by atoms with Crippen molar-refractivity contribution in [3.8, 4) is 0 Å². The number of amidine groups is 1. The normalized spacial score (nSPS) is 19.8. The molecule has 1 amide bonds. The molecule has 2 aromatic rings. The average Bonchev–Trinajstić information content (AvgIpc) is 3.30. The Morgan fingerprint density at radius 1 is 1.14 bits per heavy atom. The molecule has 1 aromatic heterocycles. The maximum absolute atomic E-state index is 13.0. The largest absolute Gasteiger partial charge is 0.348 e. The minimum absolute atomic E-state index is 0.167. The highest BCUT2D eigenvalue weighted by Crippen LogP contribution is 2.31. The molecule has 0 spiro atoms. The second kappa shape index (κ2) is 7.73. The van der Waals surface area contributed by atoms with Crippen molar-refractivity contribution in [3.63, 3.8) is 0 Å².